The van der Waals surface area contributed by atoms with E-state index in [2.05, 4.69) is 34.6 Å². The molecule has 2 aromatic rings. The van der Waals surface area contributed by atoms with Crippen LogP contribution in [0.25, 0.3) is 5.69 Å². The third kappa shape index (κ3) is 3.09. The lowest BCUT2D eigenvalue weighted by molar-refractivity contribution is -0.595. The summed E-state index contributed by atoms with van der Waals surface area (Å²) in [6, 6.07) is 8.02. The van der Waals surface area contributed by atoms with Gasteiger partial charge in [0.25, 0.3) is 0 Å². The van der Waals surface area contributed by atoms with Gasteiger partial charge in [0.05, 0.1) is 13.7 Å². The fourth-order valence-corrected chi connectivity index (χ4v) is 1.77. The molecule has 3 nitrogen and oxygen atoms in total. The maximum Gasteiger partial charge on any atom is 0.249 e. The smallest absolute Gasteiger partial charge is 0.249 e. The quantitative estimate of drug-likeness (QED) is 0.675. The van der Waals surface area contributed by atoms with E-state index < -0.39 is 0 Å². The summed E-state index contributed by atoms with van der Waals surface area (Å²) in [6.45, 7) is 3.22. The van der Waals surface area contributed by atoms with E-state index in [0.717, 1.165) is 24.4 Å². The lowest BCUT2D eigenvalue weighted by Crippen LogP contribution is -3.00. The van der Waals surface area contributed by atoms with E-state index >= 15 is 0 Å². The predicted molar refractivity (Wildman–Crippen MR) is 62.8 cm³/mol. The second kappa shape index (κ2) is 6.45. The van der Waals surface area contributed by atoms with E-state index in [0.29, 0.717) is 0 Å². The topological polar surface area (TPSA) is 18.0 Å². The summed E-state index contributed by atoms with van der Waals surface area (Å²) in [5.41, 5.74) is 1.07. The molecule has 0 spiro atoms. The van der Waals surface area contributed by atoms with Crippen LogP contribution in [0.5, 0.6) is 5.75 Å². The van der Waals surface area contributed by atoms with Gasteiger partial charge < -0.3 is 21.7 Å². The highest BCUT2D eigenvalue weighted by Crippen LogP contribution is 2.16. The minimum atomic E-state index is 0. The van der Waals surface area contributed by atoms with E-state index in [1.165, 1.54) is 0 Å². The predicted octanol–water partition coefficient (Wildman–Crippen LogP) is -0.813. The number of para-hydroxylation sites is 2. The summed E-state index contributed by atoms with van der Waals surface area (Å²) in [5.74, 6) is 0.891. The molecular weight excluding hydrogens is 280 g/mol. The second-order valence-corrected chi connectivity index (χ2v) is 3.73. The van der Waals surface area contributed by atoms with Crippen molar-refractivity contribution in [3.63, 3.8) is 0 Å². The molecule has 17 heavy (non-hydrogen) atoms. The molecule has 0 aliphatic carbocycles. The van der Waals surface area contributed by atoms with Gasteiger partial charge in [-0.3, -0.25) is 0 Å². The summed E-state index contributed by atoms with van der Waals surface area (Å²) in [5, 5.41) is 0. The Labute approximate surface area is 112 Å². The monoisotopic (exact) mass is 296 g/mol. The molecule has 0 unspecified atom stereocenters. The van der Waals surface area contributed by atoms with Crippen molar-refractivity contribution in [2.75, 3.05) is 7.11 Å². The first-order chi connectivity index (χ1) is 7.85. The molecule has 0 bridgehead atoms. The first kappa shape index (κ1) is 13.8. The summed E-state index contributed by atoms with van der Waals surface area (Å²) < 4.78 is 9.59. The molecule has 0 aliphatic rings. The molecule has 4 heteroatoms. The van der Waals surface area contributed by atoms with Crippen molar-refractivity contribution in [1.29, 1.82) is 0 Å². The molecule has 0 fully saturated rings. The number of ether oxygens (including phenoxy) is 1. The molecule has 0 saturated carbocycles. The Morgan fingerprint density at radius 3 is 2.76 bits per heavy atom. The molecule has 0 amide bonds. The number of aromatic nitrogens is 2. The van der Waals surface area contributed by atoms with Gasteiger partial charge in [-0.15, -0.1) is 0 Å². The van der Waals surface area contributed by atoms with Crippen LogP contribution in [-0.2, 0) is 6.54 Å². The number of hydrogen-bond donors (Lipinski definition) is 0. The van der Waals surface area contributed by atoms with E-state index in [-0.39, 0.29) is 17.0 Å². The lowest BCUT2D eigenvalue weighted by Gasteiger charge is -2.03. The van der Waals surface area contributed by atoms with Crippen LogP contribution in [0, 0.1) is 0 Å². The summed E-state index contributed by atoms with van der Waals surface area (Å²) in [6.07, 6.45) is 7.35. The van der Waals surface area contributed by atoms with Crippen molar-refractivity contribution in [2.45, 2.75) is 19.9 Å². The van der Waals surface area contributed by atoms with Gasteiger partial charge in [0, 0.05) is 0 Å². The van der Waals surface area contributed by atoms with E-state index in [1.807, 2.05) is 24.4 Å². The lowest BCUT2D eigenvalue weighted by atomic mass is 10.3. The number of rotatable bonds is 4. The largest absolute Gasteiger partial charge is 1.00 e. The van der Waals surface area contributed by atoms with Gasteiger partial charge in [0.15, 0.2) is 11.4 Å². The van der Waals surface area contributed by atoms with Crippen molar-refractivity contribution in [3.05, 3.63) is 43.0 Å². The minimum Gasteiger partial charge on any atom is -1.00 e. The summed E-state index contributed by atoms with van der Waals surface area (Å²) >= 11 is 0. The highest BCUT2D eigenvalue weighted by molar-refractivity contribution is 5.39. The van der Waals surface area contributed by atoms with Crippen LogP contribution in [0.3, 0.4) is 0 Å². The van der Waals surface area contributed by atoms with Crippen LogP contribution in [0.15, 0.2) is 43.0 Å². The van der Waals surface area contributed by atoms with Crippen molar-refractivity contribution < 1.29 is 26.3 Å². The van der Waals surface area contributed by atoms with Gasteiger partial charge >= 0.3 is 0 Å². The standard InChI is InChI=1S/C13H17N2O.BrH/c1-3-8-14-9-10-15(11-14)12-6-4-5-7-13(12)16-2;/h4-7,9-11H,3,8H2,1-2H3;1H/q+1;/p-1. The number of imidazole rings is 1. The Hall–Kier alpha value is -1.29. The molecule has 92 valence electrons. The molecule has 1 aromatic heterocycles. The third-order valence-corrected chi connectivity index (χ3v) is 2.54. The fourth-order valence-electron chi connectivity index (χ4n) is 1.77. The van der Waals surface area contributed by atoms with Crippen LogP contribution in [0.2, 0.25) is 0 Å². The first-order valence-electron chi connectivity index (χ1n) is 5.55. The van der Waals surface area contributed by atoms with Gasteiger partial charge in [-0.1, -0.05) is 19.1 Å². The minimum absolute atomic E-state index is 0. The molecule has 0 aliphatic heterocycles. The van der Waals surface area contributed by atoms with Crippen molar-refractivity contribution in [2.24, 2.45) is 0 Å². The van der Waals surface area contributed by atoms with Crippen LogP contribution in [0.1, 0.15) is 13.3 Å². The second-order valence-electron chi connectivity index (χ2n) is 3.73. The summed E-state index contributed by atoms with van der Waals surface area (Å²) in [7, 11) is 1.70. The number of methoxy groups -OCH3 is 1. The van der Waals surface area contributed by atoms with E-state index in [1.54, 1.807) is 7.11 Å². The van der Waals surface area contributed by atoms with Crippen molar-refractivity contribution in [3.8, 4) is 11.4 Å². The number of benzene rings is 1. The zero-order chi connectivity index (χ0) is 11.4. The van der Waals surface area contributed by atoms with E-state index in [4.69, 9.17) is 4.74 Å². The molecule has 1 aromatic carbocycles. The average molecular weight is 297 g/mol. The Bertz CT molecular complexity index is 468. The zero-order valence-electron chi connectivity index (χ0n) is 10.1. The van der Waals surface area contributed by atoms with Crippen LogP contribution in [-0.4, -0.2) is 11.7 Å². The first-order valence-corrected chi connectivity index (χ1v) is 5.55. The van der Waals surface area contributed by atoms with Crippen LogP contribution in [0.4, 0.5) is 0 Å². The SMILES string of the molecule is CCCn1cc[n+](-c2ccccc2OC)c1.[Br-]. The maximum absolute atomic E-state index is 5.34. The van der Waals surface area contributed by atoms with Crippen molar-refractivity contribution in [1.82, 2.24) is 4.57 Å². The molecule has 0 saturated heterocycles. The van der Waals surface area contributed by atoms with Crippen LogP contribution < -0.4 is 26.3 Å². The Kier molecular flexibility index (Phi) is 5.22. The molecule has 2 rings (SSSR count). The molecule has 1 heterocycles. The maximum atomic E-state index is 5.34. The van der Waals surface area contributed by atoms with Gasteiger partial charge in [-0.25, -0.2) is 4.57 Å². The van der Waals surface area contributed by atoms with E-state index in [9.17, 15) is 0 Å². The number of nitrogens with zero attached hydrogens (tertiary/aromatic N) is 2. The number of hydrogen-bond acceptors (Lipinski definition) is 1. The van der Waals surface area contributed by atoms with Gasteiger partial charge in [-0.2, -0.15) is 4.57 Å². The summed E-state index contributed by atoms with van der Waals surface area (Å²) in [4.78, 5) is 0. The average Bonchev–Trinajstić information content (AvgIpc) is 2.78. The van der Waals surface area contributed by atoms with Gasteiger partial charge in [-0.05, 0) is 18.6 Å². The van der Waals surface area contributed by atoms with Crippen LogP contribution >= 0.6 is 0 Å². The fraction of sp³-hybridized carbons (Fsp3) is 0.308. The Morgan fingerprint density at radius 1 is 1.29 bits per heavy atom. The molecular formula is C13H17BrN2O. The highest BCUT2D eigenvalue weighted by Gasteiger charge is 2.10. The Morgan fingerprint density at radius 2 is 2.06 bits per heavy atom. The normalized spacial score (nSPS) is 9.76. The Balaban J connectivity index is 0.00000144. The zero-order valence-corrected chi connectivity index (χ0v) is 11.7. The molecule has 0 atom stereocenters. The van der Waals surface area contributed by atoms with Gasteiger partial charge in [0.2, 0.25) is 6.33 Å². The highest BCUT2D eigenvalue weighted by atomic mass is 79.9. The van der Waals surface area contributed by atoms with Crippen molar-refractivity contribution >= 4 is 0 Å². The molecule has 0 N–H and O–H groups in total. The third-order valence-electron chi connectivity index (χ3n) is 2.54. The molecule has 0 radical (unpaired) electrons. The number of halogens is 1. The number of aryl methyl sites for hydroxylation is 1. The van der Waals surface area contributed by atoms with Gasteiger partial charge in [0.1, 0.15) is 12.4 Å².